The van der Waals surface area contributed by atoms with Crippen LogP contribution in [-0.4, -0.2) is 35.4 Å². The van der Waals surface area contributed by atoms with Crippen LogP contribution in [0.4, 0.5) is 0 Å². The predicted molar refractivity (Wildman–Crippen MR) is 121 cm³/mol. The first-order valence-electron chi connectivity index (χ1n) is 10.1. The molecule has 0 radical (unpaired) electrons. The second kappa shape index (κ2) is 8.97. The Bertz CT molecular complexity index is 1390. The summed E-state index contributed by atoms with van der Waals surface area (Å²) < 4.78 is 9.97. The summed E-state index contributed by atoms with van der Waals surface area (Å²) in [6.07, 6.45) is 2.01. The smallest absolute Gasteiger partial charge is 0.332 e. The number of nitrogens with zero attached hydrogens (tertiary/aromatic N) is 5. The van der Waals surface area contributed by atoms with Crippen LogP contribution in [0.15, 0.2) is 52.2 Å². The van der Waals surface area contributed by atoms with Gasteiger partial charge in [-0.3, -0.25) is 23.5 Å². The summed E-state index contributed by atoms with van der Waals surface area (Å²) in [6.45, 7) is 2.09. The number of benzene rings is 1. The van der Waals surface area contributed by atoms with E-state index in [0.29, 0.717) is 16.5 Å². The van der Waals surface area contributed by atoms with Crippen molar-refractivity contribution in [2.45, 2.75) is 26.4 Å². The molecule has 0 aliphatic rings. The number of imidazole rings is 1. The van der Waals surface area contributed by atoms with Crippen LogP contribution in [-0.2, 0) is 20.1 Å². The lowest BCUT2D eigenvalue weighted by Gasteiger charge is -2.11. The average Bonchev–Trinajstić information content (AvgIpc) is 3.13. The number of ether oxygens (including phenoxy) is 1. The Morgan fingerprint density at radius 1 is 1.12 bits per heavy atom. The van der Waals surface area contributed by atoms with Gasteiger partial charge in [0.15, 0.2) is 11.2 Å². The highest BCUT2D eigenvalue weighted by Gasteiger charge is 2.22. The second-order valence-corrected chi connectivity index (χ2v) is 7.79. The van der Waals surface area contributed by atoms with Crippen molar-refractivity contribution in [2.75, 3.05) is 6.61 Å². The zero-order valence-corrected chi connectivity index (χ0v) is 18.4. The molecule has 3 heterocycles. The van der Waals surface area contributed by atoms with Gasteiger partial charge in [0.2, 0.25) is 0 Å². The van der Waals surface area contributed by atoms with Gasteiger partial charge in [-0.2, -0.15) is 4.98 Å². The Morgan fingerprint density at radius 2 is 1.91 bits per heavy atom. The number of aliphatic hydroxyl groups is 1. The molecular formula is C22H22ClN5O4. The summed E-state index contributed by atoms with van der Waals surface area (Å²) in [6, 6.07) is 10.8. The van der Waals surface area contributed by atoms with Crippen molar-refractivity contribution >= 4 is 22.8 Å². The average molecular weight is 456 g/mol. The van der Waals surface area contributed by atoms with Gasteiger partial charge in [0, 0.05) is 26.4 Å². The van der Waals surface area contributed by atoms with E-state index in [1.807, 2.05) is 19.1 Å². The van der Waals surface area contributed by atoms with Crippen LogP contribution in [0.1, 0.15) is 17.7 Å². The third kappa shape index (κ3) is 4.04. The minimum absolute atomic E-state index is 0.0899. The molecule has 4 rings (SSSR count). The first kappa shape index (κ1) is 21.8. The number of aliphatic hydroxyl groups excluding tert-OH is 1. The van der Waals surface area contributed by atoms with E-state index in [-0.39, 0.29) is 43.3 Å². The molecule has 10 heteroatoms. The number of para-hydroxylation sites is 1. The molecule has 0 bridgehead atoms. The van der Waals surface area contributed by atoms with Crippen molar-refractivity contribution < 1.29 is 9.84 Å². The molecule has 0 aliphatic carbocycles. The maximum absolute atomic E-state index is 13.3. The fraction of sp³-hybridized carbons (Fsp3) is 0.273. The fourth-order valence-corrected chi connectivity index (χ4v) is 3.56. The lowest BCUT2D eigenvalue weighted by molar-refractivity contribution is 0.277. The van der Waals surface area contributed by atoms with Gasteiger partial charge >= 0.3 is 11.7 Å². The van der Waals surface area contributed by atoms with E-state index in [9.17, 15) is 14.7 Å². The van der Waals surface area contributed by atoms with Gasteiger partial charge in [-0.15, -0.1) is 0 Å². The summed E-state index contributed by atoms with van der Waals surface area (Å²) in [7, 11) is 1.54. The van der Waals surface area contributed by atoms with E-state index in [0.717, 1.165) is 10.1 Å². The van der Waals surface area contributed by atoms with Crippen LogP contribution in [0.5, 0.6) is 11.8 Å². The Hall–Kier alpha value is -3.43. The van der Waals surface area contributed by atoms with Crippen LogP contribution in [0.25, 0.3) is 11.2 Å². The van der Waals surface area contributed by atoms with Crippen molar-refractivity contribution in [2.24, 2.45) is 7.05 Å². The van der Waals surface area contributed by atoms with Gasteiger partial charge < -0.3 is 9.84 Å². The van der Waals surface area contributed by atoms with Gasteiger partial charge in [-0.25, -0.2) is 4.79 Å². The molecule has 0 aliphatic heterocycles. The molecule has 4 aromatic rings. The number of halogens is 1. The first-order valence-corrected chi connectivity index (χ1v) is 10.4. The lowest BCUT2D eigenvalue weighted by Crippen LogP contribution is -2.39. The molecule has 0 saturated carbocycles. The van der Waals surface area contributed by atoms with Gasteiger partial charge in [-0.1, -0.05) is 29.8 Å². The van der Waals surface area contributed by atoms with E-state index in [1.165, 1.54) is 4.57 Å². The molecule has 166 valence electrons. The number of aryl methyl sites for hydroxylation is 2. The monoisotopic (exact) mass is 455 g/mol. The molecule has 0 fully saturated rings. The maximum atomic E-state index is 13.3. The van der Waals surface area contributed by atoms with Crippen LogP contribution in [0.2, 0.25) is 5.02 Å². The standard InChI is InChI=1S/C22H22ClN5O4/c1-14-8-9-15(24-12-14)13-28-18-19(25-21(28)32-17-7-4-3-6-16(17)23)26(2)22(31)27(20(18)30)10-5-11-29/h3-4,6-9,12,29H,5,10-11,13H2,1-2H3. The number of pyridine rings is 1. The van der Waals surface area contributed by atoms with Crippen LogP contribution in [0, 0.1) is 6.92 Å². The van der Waals surface area contributed by atoms with Gasteiger partial charge in [0.05, 0.1) is 17.3 Å². The van der Waals surface area contributed by atoms with E-state index in [2.05, 4.69) is 9.97 Å². The predicted octanol–water partition coefficient (Wildman–Crippen LogP) is 2.48. The van der Waals surface area contributed by atoms with Crippen molar-refractivity contribution in [3.05, 3.63) is 79.7 Å². The normalized spacial score (nSPS) is 11.2. The fourth-order valence-electron chi connectivity index (χ4n) is 3.38. The zero-order valence-electron chi connectivity index (χ0n) is 17.7. The number of hydrogen-bond acceptors (Lipinski definition) is 6. The molecule has 0 saturated heterocycles. The third-order valence-corrected chi connectivity index (χ3v) is 5.38. The summed E-state index contributed by atoms with van der Waals surface area (Å²) >= 11 is 6.25. The molecule has 32 heavy (non-hydrogen) atoms. The topological polar surface area (TPSA) is 104 Å². The molecule has 0 atom stereocenters. The van der Waals surface area contributed by atoms with Gasteiger partial charge in [0.1, 0.15) is 5.75 Å². The van der Waals surface area contributed by atoms with E-state index >= 15 is 0 Å². The lowest BCUT2D eigenvalue weighted by atomic mass is 10.3. The Morgan fingerprint density at radius 3 is 2.59 bits per heavy atom. The molecule has 0 unspecified atom stereocenters. The molecule has 0 spiro atoms. The Labute approximate surface area is 188 Å². The Kier molecular flexibility index (Phi) is 6.11. The summed E-state index contributed by atoms with van der Waals surface area (Å²) in [5.74, 6) is 0.369. The van der Waals surface area contributed by atoms with E-state index in [4.69, 9.17) is 16.3 Å². The van der Waals surface area contributed by atoms with Gasteiger partial charge in [0.25, 0.3) is 5.56 Å². The van der Waals surface area contributed by atoms with Crippen molar-refractivity contribution in [3.63, 3.8) is 0 Å². The van der Waals surface area contributed by atoms with Crippen LogP contribution >= 0.6 is 11.6 Å². The van der Waals surface area contributed by atoms with E-state index < -0.39 is 11.2 Å². The molecule has 9 nitrogen and oxygen atoms in total. The highest BCUT2D eigenvalue weighted by Crippen LogP contribution is 2.30. The summed E-state index contributed by atoms with van der Waals surface area (Å²) in [5.41, 5.74) is 1.06. The van der Waals surface area contributed by atoms with Crippen LogP contribution in [0.3, 0.4) is 0 Å². The minimum Gasteiger partial charge on any atom is -0.424 e. The molecule has 1 aromatic carbocycles. The van der Waals surface area contributed by atoms with E-state index in [1.54, 1.807) is 42.1 Å². The first-order chi connectivity index (χ1) is 15.4. The zero-order chi connectivity index (χ0) is 22.8. The van der Waals surface area contributed by atoms with Crippen molar-refractivity contribution in [1.82, 2.24) is 23.7 Å². The maximum Gasteiger partial charge on any atom is 0.332 e. The molecule has 0 amide bonds. The third-order valence-electron chi connectivity index (χ3n) is 5.07. The number of hydrogen-bond donors (Lipinski definition) is 1. The van der Waals surface area contributed by atoms with Crippen LogP contribution < -0.4 is 16.0 Å². The quantitative estimate of drug-likeness (QED) is 0.459. The van der Waals surface area contributed by atoms with Crippen molar-refractivity contribution in [1.29, 1.82) is 0 Å². The summed E-state index contributed by atoms with van der Waals surface area (Å²) in [5, 5.41) is 9.56. The molecule has 3 aromatic heterocycles. The van der Waals surface area contributed by atoms with Crippen molar-refractivity contribution in [3.8, 4) is 11.8 Å². The molecule has 1 N–H and O–H groups in total. The second-order valence-electron chi connectivity index (χ2n) is 7.39. The highest BCUT2D eigenvalue weighted by atomic mass is 35.5. The SMILES string of the molecule is Cc1ccc(Cn2c(Oc3ccccc3Cl)nc3c2c(=O)n(CCCO)c(=O)n3C)nc1. The Balaban J connectivity index is 1.95. The molecular weight excluding hydrogens is 434 g/mol. The number of aromatic nitrogens is 5. The largest absolute Gasteiger partial charge is 0.424 e. The minimum atomic E-state index is -0.515. The highest BCUT2D eigenvalue weighted by molar-refractivity contribution is 6.32. The number of fused-ring (bicyclic) bond motifs is 1. The number of rotatable bonds is 7. The van der Waals surface area contributed by atoms with Gasteiger partial charge in [-0.05, 0) is 37.1 Å². The summed E-state index contributed by atoms with van der Waals surface area (Å²) in [4.78, 5) is 35.0.